The Hall–Kier alpha value is -1.17. The summed E-state index contributed by atoms with van der Waals surface area (Å²) in [4.78, 5) is 13.6. The van der Waals surface area contributed by atoms with E-state index in [0.717, 1.165) is 6.54 Å². The number of halogens is 2. The molecule has 1 heterocycles. The lowest BCUT2D eigenvalue weighted by Gasteiger charge is -2.25. The van der Waals surface area contributed by atoms with Crippen LogP contribution in [0.25, 0.3) is 0 Å². The van der Waals surface area contributed by atoms with Gasteiger partial charge in [-0.2, -0.15) is 0 Å². The molecule has 0 radical (unpaired) electrons. The van der Waals surface area contributed by atoms with Crippen LogP contribution in [0.15, 0.2) is 18.2 Å². The van der Waals surface area contributed by atoms with E-state index in [2.05, 4.69) is 5.32 Å². The Balaban J connectivity index is 1.93. The van der Waals surface area contributed by atoms with Crippen LogP contribution in [0.3, 0.4) is 0 Å². The molecule has 0 aliphatic carbocycles. The summed E-state index contributed by atoms with van der Waals surface area (Å²) in [5, 5.41) is 3.50. The zero-order valence-corrected chi connectivity index (χ0v) is 12.1. The van der Waals surface area contributed by atoms with E-state index in [0.29, 0.717) is 23.7 Å². The molecule has 1 aromatic rings. The van der Waals surface area contributed by atoms with Gasteiger partial charge in [-0.1, -0.05) is 17.7 Å². The van der Waals surface area contributed by atoms with Gasteiger partial charge in [-0.3, -0.25) is 4.79 Å². The molecule has 1 aliphatic heterocycles. The third-order valence-electron chi connectivity index (χ3n) is 3.29. The van der Waals surface area contributed by atoms with Gasteiger partial charge in [-0.05, 0) is 12.1 Å². The number of hydrogen-bond acceptors (Lipinski definition) is 3. The van der Waals surface area contributed by atoms with Crippen molar-refractivity contribution in [3.05, 3.63) is 34.6 Å². The third kappa shape index (κ3) is 3.91. The van der Waals surface area contributed by atoms with Crippen LogP contribution in [0, 0.1) is 5.82 Å². The average Bonchev–Trinajstić information content (AvgIpc) is 2.44. The average molecular weight is 301 g/mol. The van der Waals surface area contributed by atoms with E-state index in [-0.39, 0.29) is 25.0 Å². The summed E-state index contributed by atoms with van der Waals surface area (Å²) >= 11 is 5.96. The lowest BCUT2D eigenvalue weighted by molar-refractivity contribution is -0.134. The first kappa shape index (κ1) is 15.2. The van der Waals surface area contributed by atoms with Gasteiger partial charge in [0.2, 0.25) is 5.91 Å². The molecular formula is C14H18ClFN2O2. The van der Waals surface area contributed by atoms with Crippen LogP contribution in [0.4, 0.5) is 4.39 Å². The Morgan fingerprint density at radius 3 is 3.05 bits per heavy atom. The smallest absolute Gasteiger partial charge is 0.225 e. The Kier molecular flexibility index (Phi) is 5.34. The zero-order valence-electron chi connectivity index (χ0n) is 11.4. The van der Waals surface area contributed by atoms with Crippen molar-refractivity contribution in [3.8, 4) is 0 Å². The monoisotopic (exact) mass is 300 g/mol. The van der Waals surface area contributed by atoms with Crippen molar-refractivity contribution in [3.63, 3.8) is 0 Å². The minimum Gasteiger partial charge on any atom is -0.375 e. The van der Waals surface area contributed by atoms with Crippen LogP contribution in [0.2, 0.25) is 5.02 Å². The molecule has 6 heteroatoms. The maximum Gasteiger partial charge on any atom is 0.225 e. The summed E-state index contributed by atoms with van der Waals surface area (Å²) in [6.45, 7) is 2.25. The molecule has 1 unspecified atom stereocenters. The standard InChI is InChI=1S/C14H18ClFN2O2/c1-18(9-11-12(15)3-2-4-13(11)16)14(19)7-10-8-17-5-6-20-10/h2-4,10,17H,5-9H2,1H3. The van der Waals surface area contributed by atoms with E-state index >= 15 is 0 Å². The Labute approximate surface area is 122 Å². The van der Waals surface area contributed by atoms with Crippen molar-refractivity contribution >= 4 is 17.5 Å². The van der Waals surface area contributed by atoms with Gasteiger partial charge in [0.15, 0.2) is 0 Å². The molecule has 2 rings (SSSR count). The fourth-order valence-corrected chi connectivity index (χ4v) is 2.33. The van der Waals surface area contributed by atoms with E-state index in [1.807, 2.05) is 0 Å². The number of morpholine rings is 1. The number of carbonyl (C=O) groups excluding carboxylic acids is 1. The molecule has 1 fully saturated rings. The van der Waals surface area contributed by atoms with Crippen LogP contribution in [0.1, 0.15) is 12.0 Å². The van der Waals surface area contributed by atoms with Gasteiger partial charge in [-0.15, -0.1) is 0 Å². The maximum absolute atomic E-state index is 13.7. The lowest BCUT2D eigenvalue weighted by atomic mass is 10.1. The van der Waals surface area contributed by atoms with E-state index in [1.165, 1.54) is 11.0 Å². The maximum atomic E-state index is 13.7. The summed E-state index contributed by atoms with van der Waals surface area (Å²) in [5.41, 5.74) is 0.340. The fraction of sp³-hybridized carbons (Fsp3) is 0.500. The fourth-order valence-electron chi connectivity index (χ4n) is 2.11. The second kappa shape index (κ2) is 7.02. The highest BCUT2D eigenvalue weighted by Crippen LogP contribution is 2.20. The molecule has 4 nitrogen and oxygen atoms in total. The molecule has 20 heavy (non-hydrogen) atoms. The van der Waals surface area contributed by atoms with Gasteiger partial charge in [0.25, 0.3) is 0 Å². The summed E-state index contributed by atoms with van der Waals surface area (Å²) in [6, 6.07) is 4.50. The van der Waals surface area contributed by atoms with Crippen molar-refractivity contribution in [2.75, 3.05) is 26.7 Å². The van der Waals surface area contributed by atoms with Crippen LogP contribution in [0.5, 0.6) is 0 Å². The molecule has 0 aromatic heterocycles. The number of nitrogens with one attached hydrogen (secondary N) is 1. The summed E-state index contributed by atoms with van der Waals surface area (Å²) in [6.07, 6.45) is 0.171. The second-order valence-electron chi connectivity index (χ2n) is 4.85. The minimum atomic E-state index is -0.396. The largest absolute Gasteiger partial charge is 0.375 e. The van der Waals surface area contributed by atoms with Gasteiger partial charge in [0, 0.05) is 37.3 Å². The van der Waals surface area contributed by atoms with E-state index in [1.54, 1.807) is 19.2 Å². The normalized spacial score (nSPS) is 18.9. The van der Waals surface area contributed by atoms with Crippen LogP contribution in [-0.2, 0) is 16.1 Å². The van der Waals surface area contributed by atoms with E-state index in [4.69, 9.17) is 16.3 Å². The molecule has 1 aliphatic rings. The summed E-state index contributed by atoms with van der Waals surface area (Å²) in [7, 11) is 1.64. The van der Waals surface area contributed by atoms with Crippen molar-refractivity contribution in [2.45, 2.75) is 19.1 Å². The SMILES string of the molecule is CN(Cc1c(F)cccc1Cl)C(=O)CC1CNCCO1. The highest BCUT2D eigenvalue weighted by atomic mass is 35.5. The second-order valence-corrected chi connectivity index (χ2v) is 5.26. The highest BCUT2D eigenvalue weighted by Gasteiger charge is 2.21. The van der Waals surface area contributed by atoms with Gasteiger partial charge in [0.05, 0.1) is 19.1 Å². The van der Waals surface area contributed by atoms with Crippen molar-refractivity contribution in [2.24, 2.45) is 0 Å². The Morgan fingerprint density at radius 2 is 2.40 bits per heavy atom. The molecule has 110 valence electrons. The molecular weight excluding hydrogens is 283 g/mol. The number of hydrogen-bond donors (Lipinski definition) is 1. The predicted octanol–water partition coefficient (Wildman–Crippen LogP) is 1.82. The summed E-state index contributed by atoms with van der Waals surface area (Å²) in [5.74, 6) is -0.481. The first-order valence-corrected chi connectivity index (χ1v) is 6.95. The van der Waals surface area contributed by atoms with E-state index in [9.17, 15) is 9.18 Å². The quantitative estimate of drug-likeness (QED) is 0.922. The number of benzene rings is 1. The topological polar surface area (TPSA) is 41.6 Å². The Bertz CT molecular complexity index is 458. The van der Waals surface area contributed by atoms with Crippen molar-refractivity contribution in [1.29, 1.82) is 0 Å². The number of nitrogens with zero attached hydrogens (tertiary/aromatic N) is 1. The van der Waals surface area contributed by atoms with Gasteiger partial charge in [-0.25, -0.2) is 4.39 Å². The predicted molar refractivity (Wildman–Crippen MR) is 75.1 cm³/mol. The first-order chi connectivity index (χ1) is 9.58. The Morgan fingerprint density at radius 1 is 1.60 bits per heavy atom. The van der Waals surface area contributed by atoms with Gasteiger partial charge < -0.3 is 15.0 Å². The molecule has 1 amide bonds. The summed E-state index contributed by atoms with van der Waals surface area (Å²) < 4.78 is 19.2. The van der Waals surface area contributed by atoms with Crippen molar-refractivity contribution < 1.29 is 13.9 Å². The lowest BCUT2D eigenvalue weighted by Crippen LogP contribution is -2.41. The zero-order chi connectivity index (χ0) is 14.5. The highest BCUT2D eigenvalue weighted by molar-refractivity contribution is 6.31. The first-order valence-electron chi connectivity index (χ1n) is 6.57. The number of ether oxygens (including phenoxy) is 1. The van der Waals surface area contributed by atoms with Gasteiger partial charge >= 0.3 is 0 Å². The van der Waals surface area contributed by atoms with Crippen LogP contribution >= 0.6 is 11.6 Å². The molecule has 0 bridgehead atoms. The van der Waals surface area contributed by atoms with Gasteiger partial charge in [0.1, 0.15) is 5.82 Å². The molecule has 0 saturated carbocycles. The molecule has 0 spiro atoms. The number of rotatable bonds is 4. The molecule has 1 atom stereocenters. The third-order valence-corrected chi connectivity index (χ3v) is 3.64. The molecule has 1 aromatic carbocycles. The minimum absolute atomic E-state index is 0.0852. The number of carbonyl (C=O) groups is 1. The van der Waals surface area contributed by atoms with E-state index < -0.39 is 5.82 Å². The van der Waals surface area contributed by atoms with Crippen LogP contribution < -0.4 is 5.32 Å². The van der Waals surface area contributed by atoms with Crippen molar-refractivity contribution in [1.82, 2.24) is 10.2 Å². The molecule has 1 N–H and O–H groups in total. The van der Waals surface area contributed by atoms with Crippen LogP contribution in [-0.4, -0.2) is 43.7 Å². The molecule has 1 saturated heterocycles. The number of amides is 1.